The highest BCUT2D eigenvalue weighted by atomic mass is 79.9. The van der Waals surface area contributed by atoms with Crippen LogP contribution in [0.25, 0.3) is 0 Å². The molecule has 1 aromatic carbocycles. The van der Waals surface area contributed by atoms with Crippen molar-refractivity contribution in [2.75, 3.05) is 0 Å². The molecule has 0 fully saturated rings. The van der Waals surface area contributed by atoms with Crippen molar-refractivity contribution in [3.8, 4) is 5.75 Å². The molecule has 0 unspecified atom stereocenters. The topological polar surface area (TPSA) is 85.5 Å². The summed E-state index contributed by atoms with van der Waals surface area (Å²) in [5.74, 6) is 0.520. The molecule has 0 radical (unpaired) electrons. The first-order valence-electron chi connectivity index (χ1n) is 5.95. The second kappa shape index (κ2) is 6.04. The molecule has 1 aromatic heterocycles. The molecule has 0 saturated heterocycles. The van der Waals surface area contributed by atoms with Crippen LogP contribution in [-0.2, 0) is 6.61 Å². The van der Waals surface area contributed by atoms with Gasteiger partial charge in [-0.15, -0.1) is 0 Å². The highest BCUT2D eigenvalue weighted by Gasteiger charge is 2.12. The number of nitrogens with zero attached hydrogens (tertiary/aromatic N) is 2. The Bertz CT molecular complexity index is 625. The van der Waals surface area contributed by atoms with Gasteiger partial charge in [-0.2, -0.15) is 4.98 Å². The van der Waals surface area contributed by atoms with E-state index in [9.17, 15) is 4.79 Å². The minimum atomic E-state index is -1.01. The monoisotopic (exact) mass is 340 g/mol. The number of carbonyl (C=O) groups is 1. The van der Waals surface area contributed by atoms with Crippen molar-refractivity contribution in [3.05, 3.63) is 40.0 Å². The van der Waals surface area contributed by atoms with Crippen LogP contribution >= 0.6 is 15.9 Å². The summed E-state index contributed by atoms with van der Waals surface area (Å²) in [4.78, 5) is 15.1. The van der Waals surface area contributed by atoms with Crippen molar-refractivity contribution >= 4 is 21.9 Å². The Morgan fingerprint density at radius 3 is 2.85 bits per heavy atom. The van der Waals surface area contributed by atoms with E-state index in [0.29, 0.717) is 21.9 Å². The standard InChI is InChI=1S/C13H13BrN2O4/c1-7(2)12-15-11(16-20-12)6-19-10-5-8(13(17)18)3-4-9(10)14/h3-5,7H,6H2,1-2H3,(H,17,18). The number of halogens is 1. The third-order valence-corrected chi connectivity index (χ3v) is 3.17. The Labute approximate surface area is 123 Å². The minimum Gasteiger partial charge on any atom is -0.484 e. The Balaban J connectivity index is 2.09. The maximum absolute atomic E-state index is 10.9. The fourth-order valence-corrected chi connectivity index (χ4v) is 1.81. The molecule has 0 spiro atoms. The number of rotatable bonds is 5. The second-order valence-corrected chi connectivity index (χ2v) is 5.30. The summed E-state index contributed by atoms with van der Waals surface area (Å²) in [6.07, 6.45) is 0. The maximum atomic E-state index is 10.9. The molecule has 106 valence electrons. The predicted octanol–water partition coefficient (Wildman–Crippen LogP) is 3.23. The van der Waals surface area contributed by atoms with E-state index in [0.717, 1.165) is 0 Å². The van der Waals surface area contributed by atoms with E-state index in [-0.39, 0.29) is 18.1 Å². The van der Waals surface area contributed by atoms with Crippen LogP contribution in [0.5, 0.6) is 5.75 Å². The van der Waals surface area contributed by atoms with Gasteiger partial charge in [0.15, 0.2) is 6.61 Å². The van der Waals surface area contributed by atoms with Crippen LogP contribution in [0.4, 0.5) is 0 Å². The number of carboxylic acid groups (broad SMARTS) is 1. The molecule has 0 aliphatic carbocycles. The third-order valence-electron chi connectivity index (χ3n) is 2.51. The van der Waals surface area contributed by atoms with Crippen LogP contribution in [0, 0.1) is 0 Å². The lowest BCUT2D eigenvalue weighted by atomic mass is 10.2. The van der Waals surface area contributed by atoms with E-state index < -0.39 is 5.97 Å². The summed E-state index contributed by atoms with van der Waals surface area (Å²) < 4.78 is 11.2. The predicted molar refractivity (Wildman–Crippen MR) is 73.8 cm³/mol. The molecule has 1 N–H and O–H groups in total. The zero-order valence-corrected chi connectivity index (χ0v) is 12.5. The first-order chi connectivity index (χ1) is 9.47. The van der Waals surface area contributed by atoms with E-state index in [1.165, 1.54) is 12.1 Å². The number of hydrogen-bond donors (Lipinski definition) is 1. The molecular weight excluding hydrogens is 328 g/mol. The largest absolute Gasteiger partial charge is 0.484 e. The van der Waals surface area contributed by atoms with Crippen LogP contribution in [0.15, 0.2) is 27.2 Å². The van der Waals surface area contributed by atoms with Crippen LogP contribution in [0.3, 0.4) is 0 Å². The van der Waals surface area contributed by atoms with Crippen molar-refractivity contribution in [2.24, 2.45) is 0 Å². The number of aromatic carboxylic acids is 1. The Morgan fingerprint density at radius 1 is 1.50 bits per heavy atom. The SMILES string of the molecule is CC(C)c1nc(COc2cc(C(=O)O)ccc2Br)no1. The molecule has 0 saturated carbocycles. The van der Waals surface area contributed by atoms with Gasteiger partial charge >= 0.3 is 5.97 Å². The van der Waals surface area contributed by atoms with Gasteiger partial charge in [0.1, 0.15) is 5.75 Å². The average Bonchev–Trinajstić information content (AvgIpc) is 2.86. The van der Waals surface area contributed by atoms with Crippen molar-refractivity contribution in [1.29, 1.82) is 0 Å². The van der Waals surface area contributed by atoms with Gasteiger partial charge < -0.3 is 14.4 Å². The summed E-state index contributed by atoms with van der Waals surface area (Å²) in [5.41, 5.74) is 0.152. The molecule has 0 bridgehead atoms. The highest BCUT2D eigenvalue weighted by molar-refractivity contribution is 9.10. The molecule has 20 heavy (non-hydrogen) atoms. The number of hydrogen-bond acceptors (Lipinski definition) is 5. The first kappa shape index (κ1) is 14.5. The van der Waals surface area contributed by atoms with Crippen molar-refractivity contribution in [3.63, 3.8) is 0 Å². The quantitative estimate of drug-likeness (QED) is 0.899. The lowest BCUT2D eigenvalue weighted by Crippen LogP contribution is -2.01. The number of carboxylic acids is 1. The number of aromatic nitrogens is 2. The van der Waals surface area contributed by atoms with Gasteiger partial charge in [0.05, 0.1) is 10.0 Å². The van der Waals surface area contributed by atoms with Gasteiger partial charge in [-0.25, -0.2) is 4.79 Å². The molecule has 0 aliphatic rings. The average molecular weight is 341 g/mol. The highest BCUT2D eigenvalue weighted by Crippen LogP contribution is 2.26. The van der Waals surface area contributed by atoms with E-state index in [4.69, 9.17) is 14.4 Å². The third kappa shape index (κ3) is 3.36. The molecule has 0 aliphatic heterocycles. The summed E-state index contributed by atoms with van der Waals surface area (Å²) in [7, 11) is 0. The van der Waals surface area contributed by atoms with E-state index in [1.54, 1.807) is 6.07 Å². The summed E-state index contributed by atoms with van der Waals surface area (Å²) in [6, 6.07) is 4.55. The van der Waals surface area contributed by atoms with Crippen molar-refractivity contribution in [1.82, 2.24) is 10.1 Å². The Morgan fingerprint density at radius 2 is 2.25 bits per heavy atom. The minimum absolute atomic E-state index is 0.109. The maximum Gasteiger partial charge on any atom is 0.335 e. The zero-order chi connectivity index (χ0) is 14.7. The van der Waals surface area contributed by atoms with Gasteiger partial charge in [-0.1, -0.05) is 19.0 Å². The number of benzene rings is 1. The van der Waals surface area contributed by atoms with Crippen LogP contribution in [0.1, 0.15) is 41.8 Å². The molecule has 2 rings (SSSR count). The van der Waals surface area contributed by atoms with Crippen LogP contribution < -0.4 is 4.74 Å². The van der Waals surface area contributed by atoms with Gasteiger partial charge in [0, 0.05) is 5.92 Å². The zero-order valence-electron chi connectivity index (χ0n) is 11.0. The van der Waals surface area contributed by atoms with E-state index >= 15 is 0 Å². The molecule has 1 heterocycles. The fourth-order valence-electron chi connectivity index (χ4n) is 1.45. The van der Waals surface area contributed by atoms with Crippen molar-refractivity contribution < 1.29 is 19.2 Å². The summed E-state index contributed by atoms with van der Waals surface area (Å²) in [6.45, 7) is 4.01. The molecular formula is C13H13BrN2O4. The Hall–Kier alpha value is -1.89. The molecule has 6 nitrogen and oxygen atoms in total. The van der Waals surface area contributed by atoms with E-state index in [1.807, 2.05) is 13.8 Å². The van der Waals surface area contributed by atoms with Gasteiger partial charge in [0.25, 0.3) is 0 Å². The Kier molecular flexibility index (Phi) is 4.39. The lowest BCUT2D eigenvalue weighted by molar-refractivity contribution is 0.0696. The van der Waals surface area contributed by atoms with Crippen molar-refractivity contribution in [2.45, 2.75) is 26.4 Å². The first-order valence-corrected chi connectivity index (χ1v) is 6.74. The number of ether oxygens (including phenoxy) is 1. The van der Waals surface area contributed by atoms with Crippen LogP contribution in [0.2, 0.25) is 0 Å². The lowest BCUT2D eigenvalue weighted by Gasteiger charge is -2.06. The van der Waals surface area contributed by atoms with E-state index in [2.05, 4.69) is 26.1 Å². The molecule has 7 heteroatoms. The smallest absolute Gasteiger partial charge is 0.335 e. The molecule has 0 amide bonds. The van der Waals surface area contributed by atoms with Gasteiger partial charge in [0.2, 0.25) is 11.7 Å². The van der Waals surface area contributed by atoms with Gasteiger partial charge in [-0.3, -0.25) is 0 Å². The summed E-state index contributed by atoms with van der Waals surface area (Å²) >= 11 is 3.30. The second-order valence-electron chi connectivity index (χ2n) is 4.44. The molecule has 2 aromatic rings. The summed E-state index contributed by atoms with van der Waals surface area (Å²) in [5, 5.41) is 12.7. The normalized spacial score (nSPS) is 10.8. The van der Waals surface area contributed by atoms with Crippen LogP contribution in [-0.4, -0.2) is 21.2 Å². The fraction of sp³-hybridized carbons (Fsp3) is 0.308. The van der Waals surface area contributed by atoms with Gasteiger partial charge in [-0.05, 0) is 34.1 Å². The molecule has 0 atom stereocenters.